The number of nitrogens with zero attached hydrogens (tertiary/aromatic N) is 4. The third-order valence-electron chi connectivity index (χ3n) is 3.34. The predicted octanol–water partition coefficient (Wildman–Crippen LogP) is 2.40. The Hall–Kier alpha value is -2.31. The van der Waals surface area contributed by atoms with E-state index < -0.39 is 4.92 Å². The first kappa shape index (κ1) is 16.1. The van der Waals surface area contributed by atoms with Crippen LogP contribution in [0.4, 0.5) is 11.5 Å². The number of hydrogen-bond acceptors (Lipinski definition) is 6. The van der Waals surface area contributed by atoms with Crippen LogP contribution in [0.2, 0.25) is 0 Å². The van der Waals surface area contributed by atoms with Crippen LogP contribution < -0.4 is 4.90 Å². The summed E-state index contributed by atoms with van der Waals surface area (Å²) >= 11 is 0. The van der Waals surface area contributed by atoms with Crippen molar-refractivity contribution in [2.24, 2.45) is 0 Å². The van der Waals surface area contributed by atoms with Gasteiger partial charge in [-0.1, -0.05) is 0 Å². The fourth-order valence-corrected chi connectivity index (χ4v) is 2.31. The van der Waals surface area contributed by atoms with Gasteiger partial charge < -0.3 is 24.7 Å². The van der Waals surface area contributed by atoms with Gasteiger partial charge in [-0.3, -0.25) is 0 Å². The molecule has 2 heterocycles. The van der Waals surface area contributed by atoms with Crippen molar-refractivity contribution in [2.45, 2.75) is 26.4 Å². The lowest BCUT2D eigenvalue weighted by molar-refractivity contribution is -0.389. The molecule has 0 aliphatic carbocycles. The minimum absolute atomic E-state index is 0.130. The first-order valence-corrected chi connectivity index (χ1v) is 7.24. The summed E-state index contributed by atoms with van der Waals surface area (Å²) in [5.74, 6) is 0.559. The molecule has 7 nitrogen and oxygen atoms in total. The van der Waals surface area contributed by atoms with Crippen molar-refractivity contribution in [1.82, 2.24) is 9.88 Å². The molecule has 1 aliphatic rings. The first-order valence-electron chi connectivity index (χ1n) is 7.24. The van der Waals surface area contributed by atoms with Crippen molar-refractivity contribution in [2.75, 3.05) is 31.1 Å². The second-order valence-electron chi connectivity index (χ2n) is 6.21. The summed E-state index contributed by atoms with van der Waals surface area (Å²) in [4.78, 5) is 18.3. The summed E-state index contributed by atoms with van der Waals surface area (Å²) in [6.07, 6.45) is 1.55. The highest BCUT2D eigenvalue weighted by molar-refractivity contribution is 5.47. The number of piperazine rings is 1. The Labute approximate surface area is 130 Å². The highest BCUT2D eigenvalue weighted by atomic mass is 16.6. The predicted molar refractivity (Wildman–Crippen MR) is 84.7 cm³/mol. The largest absolute Gasteiger partial charge is 0.474 e. The van der Waals surface area contributed by atoms with E-state index in [0.717, 1.165) is 31.9 Å². The summed E-state index contributed by atoms with van der Waals surface area (Å²) in [7, 11) is 0. The van der Waals surface area contributed by atoms with E-state index in [9.17, 15) is 10.1 Å². The number of hydrogen-bond donors (Lipinski definition) is 0. The maximum absolute atomic E-state index is 10.6. The van der Waals surface area contributed by atoms with Gasteiger partial charge in [0.05, 0.1) is 5.69 Å². The van der Waals surface area contributed by atoms with Gasteiger partial charge in [-0.2, -0.15) is 0 Å². The molecule has 1 aromatic rings. The Bertz CT molecular complexity index is 543. The molecule has 22 heavy (non-hydrogen) atoms. The maximum atomic E-state index is 10.6. The monoisotopic (exact) mass is 306 g/mol. The van der Waals surface area contributed by atoms with Crippen LogP contribution in [0.1, 0.15) is 20.8 Å². The van der Waals surface area contributed by atoms with Crippen molar-refractivity contribution in [3.63, 3.8) is 0 Å². The molecule has 0 radical (unpaired) electrons. The quantitative estimate of drug-likeness (QED) is 0.483. The van der Waals surface area contributed by atoms with E-state index in [1.807, 2.05) is 20.8 Å². The molecule has 7 heteroatoms. The van der Waals surface area contributed by atoms with Gasteiger partial charge in [0, 0.05) is 32.2 Å². The third kappa shape index (κ3) is 4.09. The van der Waals surface area contributed by atoms with Crippen LogP contribution in [0.25, 0.3) is 0 Å². The number of anilines is 1. The van der Waals surface area contributed by atoms with Gasteiger partial charge in [0.15, 0.2) is 12.1 Å². The Balaban J connectivity index is 1.91. The smallest absolute Gasteiger partial charge is 0.363 e. The minimum atomic E-state index is -0.491. The summed E-state index contributed by atoms with van der Waals surface area (Å²) in [5.41, 5.74) is 0.642. The van der Waals surface area contributed by atoms with Crippen molar-refractivity contribution in [1.29, 1.82) is 0 Å². The normalized spacial score (nSPS) is 15.6. The summed E-state index contributed by atoms with van der Waals surface area (Å²) in [6.45, 7) is 13.2. The van der Waals surface area contributed by atoms with Crippen molar-refractivity contribution < 1.29 is 9.66 Å². The molecular formula is C15H22N4O3. The summed E-state index contributed by atoms with van der Waals surface area (Å²) < 4.78 is 5.79. The molecule has 0 spiro atoms. The molecule has 0 N–H and O–H groups in total. The van der Waals surface area contributed by atoms with Crippen molar-refractivity contribution >= 4 is 11.5 Å². The molecule has 0 aromatic carbocycles. The van der Waals surface area contributed by atoms with Crippen LogP contribution >= 0.6 is 0 Å². The van der Waals surface area contributed by atoms with Crippen molar-refractivity contribution in [3.05, 3.63) is 40.9 Å². The number of rotatable bonds is 4. The molecule has 1 saturated heterocycles. The SMILES string of the molecule is C=C(OC(C)(C)C)N1CCN(c2ccc([N+](=O)[O-])nc2)CC1. The van der Waals surface area contributed by atoms with Gasteiger partial charge in [0.2, 0.25) is 0 Å². The lowest BCUT2D eigenvalue weighted by atomic mass is 10.2. The first-order chi connectivity index (χ1) is 10.3. The molecule has 120 valence electrons. The zero-order valence-corrected chi connectivity index (χ0v) is 13.3. The fraction of sp³-hybridized carbons (Fsp3) is 0.533. The fourth-order valence-electron chi connectivity index (χ4n) is 2.31. The molecule has 1 fully saturated rings. The number of pyridine rings is 1. The molecule has 2 rings (SSSR count). The number of nitro groups is 1. The number of ether oxygens (including phenoxy) is 1. The van der Waals surface area contributed by atoms with Gasteiger partial charge in [0.25, 0.3) is 0 Å². The van der Waals surface area contributed by atoms with Gasteiger partial charge >= 0.3 is 5.82 Å². The molecule has 1 aliphatic heterocycles. The summed E-state index contributed by atoms with van der Waals surface area (Å²) in [6, 6.07) is 3.17. The van der Waals surface area contributed by atoms with Gasteiger partial charge in [-0.15, -0.1) is 0 Å². The Morgan fingerprint density at radius 1 is 1.32 bits per heavy atom. The average Bonchev–Trinajstić information content (AvgIpc) is 2.46. The van der Waals surface area contributed by atoms with Crippen molar-refractivity contribution in [3.8, 4) is 0 Å². The van der Waals surface area contributed by atoms with E-state index >= 15 is 0 Å². The lowest BCUT2D eigenvalue weighted by Crippen LogP contribution is -2.46. The van der Waals surface area contributed by atoms with Gasteiger partial charge in [-0.25, -0.2) is 0 Å². The van der Waals surface area contributed by atoms with Crippen LogP contribution in [0.3, 0.4) is 0 Å². The second kappa shape index (κ2) is 6.21. The zero-order valence-electron chi connectivity index (χ0n) is 13.3. The van der Waals surface area contributed by atoms with Crippen LogP contribution in [0, 0.1) is 10.1 Å². The number of aromatic nitrogens is 1. The maximum Gasteiger partial charge on any atom is 0.363 e. The lowest BCUT2D eigenvalue weighted by Gasteiger charge is -2.38. The Morgan fingerprint density at radius 3 is 2.41 bits per heavy atom. The average molecular weight is 306 g/mol. The molecule has 0 bridgehead atoms. The van der Waals surface area contributed by atoms with E-state index in [1.165, 1.54) is 6.07 Å². The molecule has 1 aromatic heterocycles. The molecule has 0 unspecified atom stereocenters. The van der Waals surface area contributed by atoms with Crippen LogP contribution in [0.5, 0.6) is 0 Å². The molecule has 0 saturated carbocycles. The second-order valence-corrected chi connectivity index (χ2v) is 6.21. The third-order valence-corrected chi connectivity index (χ3v) is 3.34. The molecular weight excluding hydrogens is 284 g/mol. The highest BCUT2D eigenvalue weighted by Gasteiger charge is 2.23. The van der Waals surface area contributed by atoms with Crippen LogP contribution in [-0.4, -0.2) is 46.6 Å². The van der Waals surface area contributed by atoms with E-state index in [-0.39, 0.29) is 11.4 Å². The van der Waals surface area contributed by atoms with E-state index in [0.29, 0.717) is 5.88 Å². The van der Waals surface area contributed by atoms with E-state index in [1.54, 1.807) is 12.3 Å². The van der Waals surface area contributed by atoms with E-state index in [4.69, 9.17) is 4.74 Å². The van der Waals surface area contributed by atoms with Gasteiger partial charge in [0.1, 0.15) is 5.60 Å². The highest BCUT2D eigenvalue weighted by Crippen LogP contribution is 2.21. The van der Waals surface area contributed by atoms with Crippen LogP contribution in [0.15, 0.2) is 30.8 Å². The minimum Gasteiger partial charge on any atom is -0.474 e. The topological polar surface area (TPSA) is 71.7 Å². The zero-order chi connectivity index (χ0) is 16.3. The Kier molecular flexibility index (Phi) is 4.54. The summed E-state index contributed by atoms with van der Waals surface area (Å²) in [5, 5.41) is 10.6. The van der Waals surface area contributed by atoms with Gasteiger partial charge in [-0.05, 0) is 43.3 Å². The van der Waals surface area contributed by atoms with E-state index in [2.05, 4.69) is 21.4 Å². The Morgan fingerprint density at radius 2 is 1.95 bits per heavy atom. The molecule has 0 amide bonds. The van der Waals surface area contributed by atoms with Crippen LogP contribution in [-0.2, 0) is 4.74 Å². The standard InChI is InChI=1S/C15H22N4O3/c1-12(22-15(2,3)4)17-7-9-18(10-8-17)13-5-6-14(16-11-13)19(20)21/h5-6,11H,1,7-10H2,2-4H3. The molecule has 0 atom stereocenters.